The van der Waals surface area contributed by atoms with E-state index in [2.05, 4.69) is 9.80 Å². The zero-order valence-electron chi connectivity index (χ0n) is 13.1. The first-order valence-corrected chi connectivity index (χ1v) is 8.10. The van der Waals surface area contributed by atoms with Crippen LogP contribution in [0.25, 0.3) is 0 Å². The van der Waals surface area contributed by atoms with Gasteiger partial charge < -0.3 is 15.4 Å². The molecule has 2 heterocycles. The summed E-state index contributed by atoms with van der Waals surface area (Å²) in [5, 5.41) is 0. The first kappa shape index (κ1) is 20.0. The summed E-state index contributed by atoms with van der Waals surface area (Å²) in [5.41, 5.74) is 6.01. The van der Waals surface area contributed by atoms with Gasteiger partial charge in [-0.2, -0.15) is 0 Å². The van der Waals surface area contributed by atoms with Crippen LogP contribution < -0.4 is 5.73 Å². The van der Waals surface area contributed by atoms with Crippen LogP contribution in [0.3, 0.4) is 0 Å². The Hall–Kier alpha value is -0.0700. The molecule has 3 aliphatic rings. The summed E-state index contributed by atoms with van der Waals surface area (Å²) in [4.78, 5) is 17.2. The highest BCUT2D eigenvalue weighted by molar-refractivity contribution is 5.85. The molecule has 2 aliphatic heterocycles. The van der Waals surface area contributed by atoms with Gasteiger partial charge in [-0.05, 0) is 25.7 Å². The molecule has 0 aromatic carbocycles. The third-order valence-electron chi connectivity index (χ3n) is 5.10. The lowest BCUT2D eigenvalue weighted by Crippen LogP contribution is -2.46. The van der Waals surface area contributed by atoms with Crippen molar-refractivity contribution in [3.8, 4) is 0 Å². The molecule has 2 saturated heterocycles. The van der Waals surface area contributed by atoms with E-state index < -0.39 is 0 Å². The molecule has 22 heavy (non-hydrogen) atoms. The van der Waals surface area contributed by atoms with Gasteiger partial charge in [0.25, 0.3) is 0 Å². The van der Waals surface area contributed by atoms with Crippen LogP contribution in [-0.4, -0.2) is 67.2 Å². The van der Waals surface area contributed by atoms with Crippen molar-refractivity contribution in [2.24, 2.45) is 11.7 Å². The number of nitrogens with two attached hydrogens (primary N) is 1. The third-order valence-corrected chi connectivity index (χ3v) is 5.10. The van der Waals surface area contributed by atoms with Gasteiger partial charge in [0, 0.05) is 44.2 Å². The van der Waals surface area contributed by atoms with Crippen molar-refractivity contribution < 1.29 is 9.53 Å². The Balaban J connectivity index is 0.00000121. The number of carbonyl (C=O) groups is 1. The van der Waals surface area contributed by atoms with Gasteiger partial charge in [0.1, 0.15) is 0 Å². The normalized spacial score (nSPS) is 33.0. The van der Waals surface area contributed by atoms with Gasteiger partial charge in [-0.1, -0.05) is 6.42 Å². The van der Waals surface area contributed by atoms with Gasteiger partial charge in [-0.3, -0.25) is 9.69 Å². The van der Waals surface area contributed by atoms with Gasteiger partial charge in [0.15, 0.2) is 0 Å². The first-order valence-electron chi connectivity index (χ1n) is 8.10. The van der Waals surface area contributed by atoms with E-state index in [-0.39, 0.29) is 36.8 Å². The van der Waals surface area contributed by atoms with Crippen LogP contribution in [0.5, 0.6) is 0 Å². The summed E-state index contributed by atoms with van der Waals surface area (Å²) in [6.45, 7) is 5.53. The van der Waals surface area contributed by atoms with Crippen molar-refractivity contribution in [2.75, 3.05) is 39.4 Å². The van der Waals surface area contributed by atoms with Crippen LogP contribution >= 0.6 is 24.8 Å². The number of ether oxygens (including phenoxy) is 1. The molecule has 1 aliphatic carbocycles. The summed E-state index contributed by atoms with van der Waals surface area (Å²) in [6.07, 6.45) is 5.23. The van der Waals surface area contributed by atoms with E-state index >= 15 is 0 Å². The van der Waals surface area contributed by atoms with Crippen LogP contribution in [0.15, 0.2) is 0 Å². The number of carbonyl (C=O) groups excluding carboxylic acids is 1. The van der Waals surface area contributed by atoms with Crippen molar-refractivity contribution >= 4 is 30.7 Å². The van der Waals surface area contributed by atoms with E-state index in [0.717, 1.165) is 71.5 Å². The Labute approximate surface area is 145 Å². The topological polar surface area (TPSA) is 58.8 Å². The largest absolute Gasteiger partial charge is 0.379 e. The van der Waals surface area contributed by atoms with Gasteiger partial charge >= 0.3 is 0 Å². The number of amides is 1. The molecule has 0 aromatic heterocycles. The molecular formula is C15H29Cl2N3O2. The quantitative estimate of drug-likeness (QED) is 0.812. The van der Waals surface area contributed by atoms with E-state index in [9.17, 15) is 4.79 Å². The zero-order chi connectivity index (χ0) is 13.9. The van der Waals surface area contributed by atoms with Crippen molar-refractivity contribution in [3.63, 3.8) is 0 Å². The Morgan fingerprint density at radius 2 is 1.77 bits per heavy atom. The summed E-state index contributed by atoms with van der Waals surface area (Å²) in [6, 6.07) is 0.774. The highest BCUT2D eigenvalue weighted by Gasteiger charge is 2.35. The Morgan fingerprint density at radius 1 is 1.05 bits per heavy atom. The molecule has 1 amide bonds. The van der Waals surface area contributed by atoms with Gasteiger partial charge in [-0.25, -0.2) is 0 Å². The van der Waals surface area contributed by atoms with Crippen LogP contribution in [0.2, 0.25) is 0 Å². The lowest BCUT2D eigenvalue weighted by Gasteiger charge is -2.33. The van der Waals surface area contributed by atoms with Crippen molar-refractivity contribution in [1.82, 2.24) is 9.80 Å². The summed E-state index contributed by atoms with van der Waals surface area (Å²) in [7, 11) is 0. The fourth-order valence-corrected chi connectivity index (χ4v) is 3.89. The maximum Gasteiger partial charge on any atom is 0.225 e. The first-order chi connectivity index (χ1) is 9.74. The molecule has 0 bridgehead atoms. The van der Waals surface area contributed by atoms with Crippen LogP contribution in [-0.2, 0) is 9.53 Å². The molecular weight excluding hydrogens is 325 g/mol. The Bertz CT molecular complexity index is 354. The van der Waals surface area contributed by atoms with Crippen LogP contribution in [0, 0.1) is 5.92 Å². The van der Waals surface area contributed by atoms with Crippen LogP contribution in [0.1, 0.15) is 32.1 Å². The predicted octanol–water partition coefficient (Wildman–Crippen LogP) is 1.28. The summed E-state index contributed by atoms with van der Waals surface area (Å²) in [5.74, 6) is 0.540. The molecule has 2 N–H and O–H groups in total. The maximum atomic E-state index is 12.6. The fraction of sp³-hybridized carbons (Fsp3) is 0.933. The predicted molar refractivity (Wildman–Crippen MR) is 91.8 cm³/mol. The Morgan fingerprint density at radius 3 is 2.45 bits per heavy atom. The molecule has 0 radical (unpaired) electrons. The number of morpholine rings is 1. The standard InChI is InChI=1S/C15H27N3O2.2ClH/c16-13-3-1-2-12(10-13)15(19)18-5-4-14(11-18)17-6-8-20-9-7-17;;/h12-14H,1-11,16H2;2*1H. The number of rotatable bonds is 2. The van der Waals surface area contributed by atoms with Gasteiger partial charge in [0.2, 0.25) is 5.91 Å². The molecule has 1 saturated carbocycles. The minimum atomic E-state index is 0. The zero-order valence-corrected chi connectivity index (χ0v) is 14.7. The SMILES string of the molecule is Cl.Cl.NC1CCCC(C(=O)N2CCC(N3CCOCC3)C2)C1. The Kier molecular flexibility index (Phi) is 8.43. The van der Waals surface area contributed by atoms with E-state index in [0.29, 0.717) is 11.9 Å². The number of halogens is 2. The second kappa shape index (κ2) is 9.28. The minimum absolute atomic E-state index is 0. The maximum absolute atomic E-state index is 12.6. The molecule has 3 rings (SSSR count). The highest BCUT2D eigenvalue weighted by Crippen LogP contribution is 2.27. The second-order valence-corrected chi connectivity index (χ2v) is 6.50. The van der Waals surface area contributed by atoms with Gasteiger partial charge in [-0.15, -0.1) is 24.8 Å². The molecule has 0 spiro atoms. The second-order valence-electron chi connectivity index (χ2n) is 6.50. The van der Waals surface area contributed by atoms with Gasteiger partial charge in [0.05, 0.1) is 13.2 Å². The minimum Gasteiger partial charge on any atom is -0.379 e. The molecule has 3 unspecified atom stereocenters. The van der Waals surface area contributed by atoms with E-state index in [1.807, 2.05) is 0 Å². The number of likely N-dealkylation sites (tertiary alicyclic amines) is 1. The molecule has 5 nitrogen and oxygen atoms in total. The number of hydrogen-bond donors (Lipinski definition) is 1. The fourth-order valence-electron chi connectivity index (χ4n) is 3.89. The highest BCUT2D eigenvalue weighted by atomic mass is 35.5. The summed E-state index contributed by atoms with van der Waals surface area (Å²) < 4.78 is 5.40. The average molecular weight is 354 g/mol. The molecule has 0 aromatic rings. The average Bonchev–Trinajstić information content (AvgIpc) is 2.97. The molecule has 3 atom stereocenters. The van der Waals surface area contributed by atoms with Crippen LogP contribution in [0.4, 0.5) is 0 Å². The van der Waals surface area contributed by atoms with Crippen molar-refractivity contribution in [2.45, 2.75) is 44.2 Å². The van der Waals surface area contributed by atoms with Crippen molar-refractivity contribution in [1.29, 1.82) is 0 Å². The molecule has 7 heteroatoms. The lowest BCUT2D eigenvalue weighted by molar-refractivity contribution is -0.135. The molecule has 3 fully saturated rings. The lowest BCUT2D eigenvalue weighted by atomic mass is 9.85. The molecule has 130 valence electrons. The van der Waals surface area contributed by atoms with E-state index in [1.165, 1.54) is 0 Å². The number of hydrogen-bond acceptors (Lipinski definition) is 4. The smallest absolute Gasteiger partial charge is 0.225 e. The monoisotopic (exact) mass is 353 g/mol. The van der Waals surface area contributed by atoms with Crippen molar-refractivity contribution in [3.05, 3.63) is 0 Å². The third kappa shape index (κ3) is 4.71. The summed E-state index contributed by atoms with van der Waals surface area (Å²) >= 11 is 0. The van der Waals surface area contributed by atoms with E-state index in [1.54, 1.807) is 0 Å². The van der Waals surface area contributed by atoms with E-state index in [4.69, 9.17) is 10.5 Å². The number of nitrogens with zero attached hydrogens (tertiary/aromatic N) is 2.